The van der Waals surface area contributed by atoms with Gasteiger partial charge in [-0.15, -0.1) is 0 Å². The Balaban J connectivity index is 2.15. The Labute approximate surface area is 151 Å². The molecular formula is C16H16Cl2N2O3S. The summed E-state index contributed by atoms with van der Waals surface area (Å²) < 4.78 is 27.1. The first kappa shape index (κ1) is 18.6. The number of carbonyl (C=O) groups excluding carboxylic acids is 1. The van der Waals surface area contributed by atoms with Gasteiger partial charge in [0.05, 0.1) is 21.4 Å². The van der Waals surface area contributed by atoms with E-state index in [1.165, 1.54) is 23.1 Å². The fourth-order valence-corrected chi connectivity index (χ4v) is 3.33. The second kappa shape index (κ2) is 7.42. The van der Waals surface area contributed by atoms with Gasteiger partial charge >= 0.3 is 0 Å². The Bertz CT molecular complexity index is 850. The maximum Gasteiger partial charge on any atom is 0.261 e. The number of anilines is 1. The quantitative estimate of drug-likeness (QED) is 0.855. The van der Waals surface area contributed by atoms with E-state index in [9.17, 15) is 13.2 Å². The number of likely N-dealkylation sites (N-methyl/N-ethyl adjacent to an activating group) is 1. The molecule has 0 aliphatic carbocycles. The summed E-state index contributed by atoms with van der Waals surface area (Å²) in [5.74, 6) is -0.0286. The van der Waals surface area contributed by atoms with E-state index < -0.39 is 10.0 Å². The second-order valence-electron chi connectivity index (χ2n) is 5.34. The summed E-state index contributed by atoms with van der Waals surface area (Å²) in [5, 5.41) is 0.447. The van der Waals surface area contributed by atoms with Gasteiger partial charge in [-0.1, -0.05) is 35.3 Å². The van der Waals surface area contributed by atoms with Crippen LogP contribution < -0.4 is 4.72 Å². The lowest BCUT2D eigenvalue weighted by molar-refractivity contribution is -0.127. The minimum atomic E-state index is -3.77. The maximum absolute atomic E-state index is 12.3. The monoisotopic (exact) mass is 386 g/mol. The molecule has 0 aromatic heterocycles. The van der Waals surface area contributed by atoms with Crippen LogP contribution in [-0.2, 0) is 21.2 Å². The van der Waals surface area contributed by atoms with E-state index in [-0.39, 0.29) is 27.3 Å². The van der Waals surface area contributed by atoms with Gasteiger partial charge in [-0.3, -0.25) is 9.52 Å². The third-order valence-electron chi connectivity index (χ3n) is 3.26. The van der Waals surface area contributed by atoms with Crippen molar-refractivity contribution in [1.82, 2.24) is 4.90 Å². The van der Waals surface area contributed by atoms with Crippen LogP contribution in [0.15, 0.2) is 47.4 Å². The molecule has 24 heavy (non-hydrogen) atoms. The van der Waals surface area contributed by atoms with Crippen molar-refractivity contribution in [1.29, 1.82) is 0 Å². The van der Waals surface area contributed by atoms with Crippen molar-refractivity contribution in [2.24, 2.45) is 0 Å². The molecule has 8 heteroatoms. The molecule has 2 aromatic carbocycles. The highest BCUT2D eigenvalue weighted by molar-refractivity contribution is 7.92. The molecule has 0 saturated heterocycles. The molecule has 0 aliphatic heterocycles. The SMILES string of the molecule is CN(C)C(=O)Cc1ccc(NS(=O)(=O)c2ccc(Cl)c(Cl)c2)cc1. The van der Waals surface area contributed by atoms with E-state index >= 15 is 0 Å². The first-order valence-corrected chi connectivity index (χ1v) is 9.20. The fourth-order valence-electron chi connectivity index (χ4n) is 1.88. The molecule has 2 aromatic rings. The summed E-state index contributed by atoms with van der Waals surface area (Å²) in [6.45, 7) is 0. The minimum absolute atomic E-state index is 0.0174. The number of amides is 1. The average molecular weight is 387 g/mol. The second-order valence-corrected chi connectivity index (χ2v) is 7.84. The van der Waals surface area contributed by atoms with Crippen LogP contribution >= 0.6 is 23.2 Å². The van der Waals surface area contributed by atoms with Crippen LogP contribution in [0, 0.1) is 0 Å². The van der Waals surface area contributed by atoms with E-state index in [4.69, 9.17) is 23.2 Å². The van der Waals surface area contributed by atoms with Crippen LogP contribution in [0.2, 0.25) is 10.0 Å². The lowest BCUT2D eigenvalue weighted by Crippen LogP contribution is -2.23. The van der Waals surface area contributed by atoms with E-state index in [0.29, 0.717) is 5.69 Å². The first-order chi connectivity index (χ1) is 11.2. The van der Waals surface area contributed by atoms with Crippen LogP contribution in [0.5, 0.6) is 0 Å². The zero-order valence-electron chi connectivity index (χ0n) is 13.1. The number of halogens is 2. The van der Waals surface area contributed by atoms with Crippen molar-refractivity contribution in [3.05, 3.63) is 58.1 Å². The molecule has 0 saturated carbocycles. The zero-order valence-corrected chi connectivity index (χ0v) is 15.4. The number of hydrogen-bond acceptors (Lipinski definition) is 3. The number of rotatable bonds is 5. The van der Waals surface area contributed by atoms with Gasteiger partial charge in [0.15, 0.2) is 0 Å². The Kier molecular flexibility index (Phi) is 5.74. The van der Waals surface area contributed by atoms with Gasteiger partial charge in [-0.05, 0) is 35.9 Å². The largest absolute Gasteiger partial charge is 0.349 e. The van der Waals surface area contributed by atoms with E-state index in [1.54, 1.807) is 38.4 Å². The van der Waals surface area contributed by atoms with Crippen molar-refractivity contribution in [2.45, 2.75) is 11.3 Å². The Morgan fingerprint density at radius 2 is 1.67 bits per heavy atom. The zero-order chi connectivity index (χ0) is 17.9. The summed E-state index contributed by atoms with van der Waals surface area (Å²) >= 11 is 11.7. The van der Waals surface area contributed by atoms with Gasteiger partial charge in [-0.25, -0.2) is 8.42 Å². The predicted molar refractivity (Wildman–Crippen MR) is 96.1 cm³/mol. The standard InChI is InChI=1S/C16H16Cl2N2O3S/c1-20(2)16(21)9-11-3-5-12(6-4-11)19-24(22,23)13-7-8-14(17)15(18)10-13/h3-8,10,19H,9H2,1-2H3. The maximum atomic E-state index is 12.3. The van der Waals surface area contributed by atoms with E-state index in [1.807, 2.05) is 0 Å². The van der Waals surface area contributed by atoms with Gasteiger partial charge < -0.3 is 4.90 Å². The fraction of sp³-hybridized carbons (Fsp3) is 0.188. The van der Waals surface area contributed by atoms with Crippen LogP contribution in [-0.4, -0.2) is 33.3 Å². The lowest BCUT2D eigenvalue weighted by atomic mass is 10.1. The predicted octanol–water partition coefficient (Wildman–Crippen LogP) is 3.42. The first-order valence-electron chi connectivity index (χ1n) is 6.96. The van der Waals surface area contributed by atoms with Crippen LogP contribution in [0.3, 0.4) is 0 Å². The number of sulfonamides is 1. The van der Waals surface area contributed by atoms with E-state index in [2.05, 4.69) is 4.72 Å². The third kappa shape index (κ3) is 4.63. The molecule has 0 unspecified atom stereocenters. The Morgan fingerprint density at radius 3 is 2.21 bits per heavy atom. The van der Waals surface area contributed by atoms with Crippen LogP contribution in [0.25, 0.3) is 0 Å². The average Bonchev–Trinajstić information content (AvgIpc) is 2.51. The van der Waals surface area contributed by atoms with E-state index in [0.717, 1.165) is 5.56 Å². The van der Waals surface area contributed by atoms with Crippen molar-refractivity contribution in [3.63, 3.8) is 0 Å². The molecule has 0 heterocycles. The normalized spacial score (nSPS) is 11.2. The third-order valence-corrected chi connectivity index (χ3v) is 5.38. The molecule has 0 radical (unpaired) electrons. The molecule has 0 aliphatic rings. The molecule has 0 bridgehead atoms. The number of carbonyl (C=O) groups is 1. The highest BCUT2D eigenvalue weighted by atomic mass is 35.5. The van der Waals surface area contributed by atoms with Gasteiger partial charge in [0.25, 0.3) is 10.0 Å². The molecule has 2 rings (SSSR count). The lowest BCUT2D eigenvalue weighted by Gasteiger charge is -2.11. The van der Waals surface area contributed by atoms with Crippen molar-refractivity contribution in [2.75, 3.05) is 18.8 Å². The van der Waals surface area contributed by atoms with Crippen molar-refractivity contribution < 1.29 is 13.2 Å². The van der Waals surface area contributed by atoms with Gasteiger partial charge in [-0.2, -0.15) is 0 Å². The Morgan fingerprint density at radius 1 is 1.04 bits per heavy atom. The van der Waals surface area contributed by atoms with Crippen molar-refractivity contribution in [3.8, 4) is 0 Å². The highest BCUT2D eigenvalue weighted by Gasteiger charge is 2.16. The minimum Gasteiger partial charge on any atom is -0.349 e. The number of hydrogen-bond donors (Lipinski definition) is 1. The van der Waals surface area contributed by atoms with Crippen LogP contribution in [0.4, 0.5) is 5.69 Å². The van der Waals surface area contributed by atoms with Gasteiger partial charge in [0, 0.05) is 19.8 Å². The molecule has 1 N–H and O–H groups in total. The molecule has 0 atom stereocenters. The topological polar surface area (TPSA) is 66.5 Å². The summed E-state index contributed by atoms with van der Waals surface area (Å²) in [7, 11) is -0.405. The molecule has 1 amide bonds. The number of benzene rings is 2. The van der Waals surface area contributed by atoms with Gasteiger partial charge in [0.2, 0.25) is 5.91 Å². The summed E-state index contributed by atoms with van der Waals surface area (Å²) in [6.07, 6.45) is 0.257. The number of nitrogens with zero attached hydrogens (tertiary/aromatic N) is 1. The summed E-state index contributed by atoms with van der Waals surface area (Å²) in [5.41, 5.74) is 1.19. The smallest absolute Gasteiger partial charge is 0.261 e. The summed E-state index contributed by atoms with van der Waals surface area (Å²) in [4.78, 5) is 13.2. The van der Waals surface area contributed by atoms with Crippen molar-refractivity contribution >= 4 is 44.8 Å². The molecule has 128 valence electrons. The molecule has 0 fully saturated rings. The van der Waals surface area contributed by atoms with Gasteiger partial charge in [0.1, 0.15) is 0 Å². The molecule has 0 spiro atoms. The molecular weight excluding hydrogens is 371 g/mol. The summed E-state index contributed by atoms with van der Waals surface area (Å²) in [6, 6.07) is 10.7. The Hall–Kier alpha value is -1.76. The molecule has 5 nitrogen and oxygen atoms in total. The number of nitrogens with one attached hydrogen (secondary N) is 1. The van der Waals surface area contributed by atoms with Crippen LogP contribution in [0.1, 0.15) is 5.56 Å². The highest BCUT2D eigenvalue weighted by Crippen LogP contribution is 2.26.